The molecule has 3 atom stereocenters. The normalized spacial score (nSPS) is 21.9. The molecule has 3 unspecified atom stereocenters. The monoisotopic (exact) mass is 371 g/mol. The lowest BCUT2D eigenvalue weighted by Crippen LogP contribution is -2.48. The molecule has 1 aromatic carbocycles. The first-order valence-corrected chi connectivity index (χ1v) is 8.48. The summed E-state index contributed by atoms with van der Waals surface area (Å²) in [4.78, 5) is 2.22. The second kappa shape index (κ2) is 10.7. The van der Waals surface area contributed by atoms with Gasteiger partial charge in [-0.25, -0.2) is 0 Å². The Morgan fingerprint density at radius 2 is 2.00 bits per heavy atom. The van der Waals surface area contributed by atoms with E-state index < -0.39 is 6.10 Å². The molecule has 0 saturated carbocycles. The Hall–Kier alpha value is -1.27. The summed E-state index contributed by atoms with van der Waals surface area (Å²) in [6.07, 6.45) is 2.47. The standard InChI is InChI=1S/C19H29NO4.ClH/c1-5-6-16-7-8-18(19(9-16)22-4)23-13-17(21)12-20-10-14(2)24-15(3)11-20;/h5,7-9,14-15,17,21H,1,6,10-13H2,2-4H3;1H. The average molecular weight is 372 g/mol. The van der Waals surface area contributed by atoms with Gasteiger partial charge in [0.25, 0.3) is 0 Å². The molecule has 1 heterocycles. The number of β-amino-alcohol motifs (C(OH)–C–C–N with tert-alkyl or cyclic N) is 1. The van der Waals surface area contributed by atoms with E-state index in [1.165, 1.54) is 0 Å². The van der Waals surface area contributed by atoms with E-state index in [-0.39, 0.29) is 31.2 Å². The summed E-state index contributed by atoms with van der Waals surface area (Å²) in [7, 11) is 1.62. The highest BCUT2D eigenvalue weighted by atomic mass is 35.5. The molecule has 1 aliphatic heterocycles. The van der Waals surface area contributed by atoms with Crippen LogP contribution in [0.3, 0.4) is 0 Å². The van der Waals surface area contributed by atoms with Crippen LogP contribution in [0, 0.1) is 0 Å². The SMILES string of the molecule is C=CCc1ccc(OCC(O)CN2CC(C)OC(C)C2)c(OC)c1.Cl. The minimum absolute atomic E-state index is 0. The van der Waals surface area contributed by atoms with Crippen molar-refractivity contribution in [2.75, 3.05) is 33.4 Å². The van der Waals surface area contributed by atoms with Gasteiger partial charge in [0.15, 0.2) is 11.5 Å². The number of morpholine rings is 1. The number of nitrogens with zero attached hydrogens (tertiary/aromatic N) is 1. The lowest BCUT2D eigenvalue weighted by atomic mass is 10.1. The van der Waals surface area contributed by atoms with E-state index in [0.29, 0.717) is 18.0 Å². The predicted octanol–water partition coefficient (Wildman–Crippen LogP) is 2.69. The first-order chi connectivity index (χ1) is 11.5. The molecule has 1 aliphatic rings. The van der Waals surface area contributed by atoms with Crippen molar-refractivity contribution in [3.63, 3.8) is 0 Å². The molecule has 0 radical (unpaired) electrons. The van der Waals surface area contributed by atoms with Crippen LogP contribution in [-0.4, -0.2) is 61.7 Å². The lowest BCUT2D eigenvalue weighted by molar-refractivity contribution is -0.0787. The smallest absolute Gasteiger partial charge is 0.161 e. The van der Waals surface area contributed by atoms with Crippen LogP contribution >= 0.6 is 12.4 Å². The molecule has 0 aromatic heterocycles. The average Bonchev–Trinajstić information content (AvgIpc) is 2.52. The summed E-state index contributed by atoms with van der Waals surface area (Å²) in [5.74, 6) is 1.32. The Labute approximate surface area is 157 Å². The number of ether oxygens (including phenoxy) is 3. The van der Waals surface area contributed by atoms with Gasteiger partial charge in [-0.15, -0.1) is 19.0 Å². The maximum atomic E-state index is 10.3. The van der Waals surface area contributed by atoms with Gasteiger partial charge in [-0.1, -0.05) is 12.1 Å². The van der Waals surface area contributed by atoms with Gasteiger partial charge in [-0.2, -0.15) is 0 Å². The Bertz CT molecular complexity index is 530. The highest BCUT2D eigenvalue weighted by Gasteiger charge is 2.24. The number of rotatable bonds is 8. The van der Waals surface area contributed by atoms with Gasteiger partial charge >= 0.3 is 0 Å². The quantitative estimate of drug-likeness (QED) is 0.712. The fourth-order valence-electron chi connectivity index (χ4n) is 3.10. The fourth-order valence-corrected chi connectivity index (χ4v) is 3.10. The van der Waals surface area contributed by atoms with Gasteiger partial charge in [-0.3, -0.25) is 4.90 Å². The molecule has 1 fully saturated rings. The van der Waals surface area contributed by atoms with Gasteiger partial charge in [0.2, 0.25) is 0 Å². The number of hydrogen-bond donors (Lipinski definition) is 1. The summed E-state index contributed by atoms with van der Waals surface area (Å²) in [5, 5.41) is 10.3. The molecular formula is C19H30ClNO4. The number of aliphatic hydroxyl groups excluding tert-OH is 1. The van der Waals surface area contributed by atoms with Crippen molar-refractivity contribution in [1.82, 2.24) is 4.90 Å². The Morgan fingerprint density at radius 1 is 1.32 bits per heavy atom. The number of aliphatic hydroxyl groups is 1. The van der Waals surface area contributed by atoms with Gasteiger partial charge in [0, 0.05) is 19.6 Å². The molecule has 25 heavy (non-hydrogen) atoms. The zero-order chi connectivity index (χ0) is 17.5. The van der Waals surface area contributed by atoms with Crippen molar-refractivity contribution in [3.05, 3.63) is 36.4 Å². The van der Waals surface area contributed by atoms with Gasteiger partial charge in [0.1, 0.15) is 12.7 Å². The second-order valence-electron chi connectivity index (χ2n) is 6.42. The third-order valence-corrected chi connectivity index (χ3v) is 4.00. The molecule has 0 bridgehead atoms. The minimum Gasteiger partial charge on any atom is -0.493 e. The maximum Gasteiger partial charge on any atom is 0.161 e. The summed E-state index contributed by atoms with van der Waals surface area (Å²) < 4.78 is 16.8. The summed E-state index contributed by atoms with van der Waals surface area (Å²) in [6.45, 7) is 10.3. The van der Waals surface area contributed by atoms with Gasteiger partial charge < -0.3 is 19.3 Å². The Kier molecular flexibility index (Phi) is 9.28. The van der Waals surface area contributed by atoms with Crippen LogP contribution in [0.5, 0.6) is 11.5 Å². The van der Waals surface area contributed by atoms with Gasteiger partial charge in [0.05, 0.1) is 19.3 Å². The van der Waals surface area contributed by atoms with Crippen LogP contribution in [0.15, 0.2) is 30.9 Å². The molecule has 0 aliphatic carbocycles. The number of methoxy groups -OCH3 is 1. The molecule has 0 amide bonds. The third-order valence-electron chi connectivity index (χ3n) is 4.00. The largest absolute Gasteiger partial charge is 0.493 e. The van der Waals surface area contributed by atoms with Crippen molar-refractivity contribution in [2.45, 2.75) is 38.6 Å². The first-order valence-electron chi connectivity index (χ1n) is 8.48. The minimum atomic E-state index is -0.556. The van der Waals surface area contributed by atoms with Crippen molar-refractivity contribution >= 4 is 12.4 Å². The molecule has 0 spiro atoms. The third kappa shape index (κ3) is 6.86. The van der Waals surface area contributed by atoms with E-state index in [1.54, 1.807) is 7.11 Å². The summed E-state index contributed by atoms with van der Waals surface area (Å²) in [5.41, 5.74) is 1.12. The van der Waals surface area contributed by atoms with Crippen molar-refractivity contribution in [1.29, 1.82) is 0 Å². The number of hydrogen-bond acceptors (Lipinski definition) is 5. The molecule has 2 rings (SSSR count). The van der Waals surface area contributed by atoms with Crippen LogP contribution in [0.25, 0.3) is 0 Å². The first kappa shape index (κ1) is 21.8. The van der Waals surface area contributed by atoms with E-state index in [9.17, 15) is 5.11 Å². The van der Waals surface area contributed by atoms with Crippen LogP contribution in [0.2, 0.25) is 0 Å². The topological polar surface area (TPSA) is 51.2 Å². The number of benzene rings is 1. The summed E-state index contributed by atoms with van der Waals surface area (Å²) >= 11 is 0. The van der Waals surface area contributed by atoms with Gasteiger partial charge in [-0.05, 0) is 38.0 Å². The summed E-state index contributed by atoms with van der Waals surface area (Å²) in [6, 6.07) is 5.80. The van der Waals surface area contributed by atoms with E-state index in [1.807, 2.05) is 24.3 Å². The second-order valence-corrected chi connectivity index (χ2v) is 6.42. The fraction of sp³-hybridized carbons (Fsp3) is 0.579. The molecule has 142 valence electrons. The molecule has 1 saturated heterocycles. The van der Waals surface area contributed by atoms with E-state index in [4.69, 9.17) is 14.2 Å². The highest BCUT2D eigenvalue weighted by molar-refractivity contribution is 5.85. The van der Waals surface area contributed by atoms with Crippen LogP contribution in [0.4, 0.5) is 0 Å². The van der Waals surface area contributed by atoms with Crippen molar-refractivity contribution in [2.24, 2.45) is 0 Å². The Balaban J connectivity index is 0.00000312. The molecule has 6 heteroatoms. The zero-order valence-electron chi connectivity index (χ0n) is 15.3. The molecule has 1 N–H and O–H groups in total. The van der Waals surface area contributed by atoms with E-state index >= 15 is 0 Å². The van der Waals surface area contributed by atoms with Crippen LogP contribution in [0.1, 0.15) is 19.4 Å². The maximum absolute atomic E-state index is 10.3. The lowest BCUT2D eigenvalue weighted by Gasteiger charge is -2.36. The number of allylic oxidation sites excluding steroid dienone is 1. The highest BCUT2D eigenvalue weighted by Crippen LogP contribution is 2.28. The molecule has 1 aromatic rings. The van der Waals surface area contributed by atoms with Crippen molar-refractivity contribution in [3.8, 4) is 11.5 Å². The van der Waals surface area contributed by atoms with Crippen molar-refractivity contribution < 1.29 is 19.3 Å². The van der Waals surface area contributed by atoms with Crippen LogP contribution < -0.4 is 9.47 Å². The van der Waals surface area contributed by atoms with E-state index in [2.05, 4.69) is 25.3 Å². The Morgan fingerprint density at radius 3 is 2.60 bits per heavy atom. The van der Waals surface area contributed by atoms with Crippen LogP contribution in [-0.2, 0) is 11.2 Å². The number of halogens is 1. The zero-order valence-corrected chi connectivity index (χ0v) is 16.1. The molecule has 5 nitrogen and oxygen atoms in total. The molecular weight excluding hydrogens is 342 g/mol. The van der Waals surface area contributed by atoms with E-state index in [0.717, 1.165) is 25.1 Å². The predicted molar refractivity (Wildman–Crippen MR) is 102 cm³/mol.